The molecule has 0 fully saturated rings. The fraction of sp³-hybridized carbons (Fsp3) is 0.250. The van der Waals surface area contributed by atoms with Gasteiger partial charge in [0.05, 0.1) is 6.61 Å². The number of nitrogens with two attached hydrogens (primary N) is 1. The Morgan fingerprint density at radius 1 is 1.00 bits per heavy atom. The largest absolute Gasteiger partial charge is 0.305 e. The monoisotopic (exact) mass is 175 g/mol. The lowest BCUT2D eigenvalue weighted by Crippen LogP contribution is -1.94. The molecule has 0 aliphatic carbocycles. The molecular formula is C8H14ClNO. The van der Waals surface area contributed by atoms with E-state index < -0.39 is 0 Å². The van der Waals surface area contributed by atoms with Crippen LogP contribution in [0.4, 0.5) is 0 Å². The van der Waals surface area contributed by atoms with Crippen LogP contribution in [0.15, 0.2) is 36.4 Å². The van der Waals surface area contributed by atoms with Crippen molar-refractivity contribution in [1.29, 1.82) is 0 Å². The maximum Gasteiger partial charge on any atom is 0.0651 e. The molecule has 0 spiro atoms. The molecule has 0 atom stereocenters. The second-order valence-corrected chi connectivity index (χ2v) is 1.61. The van der Waals surface area contributed by atoms with Crippen molar-refractivity contribution >= 4 is 12.4 Å². The highest BCUT2D eigenvalue weighted by molar-refractivity contribution is 5.85. The molecule has 0 amide bonds. The summed E-state index contributed by atoms with van der Waals surface area (Å²) in [5.41, 5.74) is 0. The maximum absolute atomic E-state index is 4.53. The van der Waals surface area contributed by atoms with Crippen molar-refractivity contribution in [3.05, 3.63) is 36.4 Å². The minimum absolute atomic E-state index is 0. The zero-order chi connectivity index (χ0) is 7.66. The van der Waals surface area contributed by atoms with Crippen LogP contribution >= 0.6 is 12.4 Å². The molecule has 0 heterocycles. The second kappa shape index (κ2) is 12.1. The van der Waals surface area contributed by atoms with Crippen LogP contribution in [-0.4, -0.2) is 6.61 Å². The van der Waals surface area contributed by atoms with E-state index in [2.05, 4.69) is 10.7 Å². The molecule has 64 valence electrons. The lowest BCUT2D eigenvalue weighted by atomic mass is 10.4. The summed E-state index contributed by atoms with van der Waals surface area (Å²) in [4.78, 5) is 4.04. The molecule has 1 aromatic carbocycles. The van der Waals surface area contributed by atoms with Crippen LogP contribution in [0.1, 0.15) is 6.92 Å². The molecule has 1 rings (SSSR count). The van der Waals surface area contributed by atoms with E-state index in [4.69, 9.17) is 0 Å². The van der Waals surface area contributed by atoms with Gasteiger partial charge in [-0.05, 0) is 6.92 Å². The average Bonchev–Trinajstić information content (AvgIpc) is 2.08. The summed E-state index contributed by atoms with van der Waals surface area (Å²) in [7, 11) is 0. The summed E-state index contributed by atoms with van der Waals surface area (Å²) >= 11 is 0. The van der Waals surface area contributed by atoms with Gasteiger partial charge in [-0.25, -0.2) is 5.90 Å². The maximum atomic E-state index is 4.53. The lowest BCUT2D eigenvalue weighted by Gasteiger charge is -1.76. The first-order valence-corrected chi connectivity index (χ1v) is 3.23. The van der Waals surface area contributed by atoms with Crippen LogP contribution in [-0.2, 0) is 4.84 Å². The Bertz CT molecular complexity index is 106. The third kappa shape index (κ3) is 12.6. The molecular weight excluding hydrogens is 162 g/mol. The molecule has 2 nitrogen and oxygen atoms in total. The van der Waals surface area contributed by atoms with Crippen molar-refractivity contribution in [2.75, 3.05) is 6.61 Å². The van der Waals surface area contributed by atoms with Crippen molar-refractivity contribution < 1.29 is 4.84 Å². The highest BCUT2D eigenvalue weighted by Crippen LogP contribution is 1.79. The predicted octanol–water partition coefficient (Wildman–Crippen LogP) is 2.00. The summed E-state index contributed by atoms with van der Waals surface area (Å²) < 4.78 is 0. The fourth-order valence-electron chi connectivity index (χ4n) is 0.385. The van der Waals surface area contributed by atoms with Crippen LogP contribution in [0.5, 0.6) is 0 Å². The van der Waals surface area contributed by atoms with E-state index in [0.717, 1.165) is 0 Å². The molecule has 1 aromatic rings. The van der Waals surface area contributed by atoms with Gasteiger partial charge in [0.15, 0.2) is 0 Å². The molecule has 0 aliphatic rings. The van der Waals surface area contributed by atoms with Crippen molar-refractivity contribution in [2.24, 2.45) is 5.90 Å². The standard InChI is InChI=1S/C6H6.C2H7NO.ClH/c1-2-4-6-5-3-1;1-2-4-3;/h1-6H;2-3H2,1H3;1H. The van der Waals surface area contributed by atoms with E-state index in [1.807, 2.05) is 43.3 Å². The zero-order valence-corrected chi connectivity index (χ0v) is 7.38. The van der Waals surface area contributed by atoms with Crippen molar-refractivity contribution in [2.45, 2.75) is 6.92 Å². The molecule has 0 bridgehead atoms. The van der Waals surface area contributed by atoms with E-state index in [9.17, 15) is 0 Å². The molecule has 0 aliphatic heterocycles. The Hall–Kier alpha value is -0.570. The fourth-order valence-corrected chi connectivity index (χ4v) is 0.385. The minimum atomic E-state index is 0. The first-order valence-electron chi connectivity index (χ1n) is 3.23. The third-order valence-electron chi connectivity index (χ3n) is 0.833. The average molecular weight is 176 g/mol. The van der Waals surface area contributed by atoms with E-state index in [1.165, 1.54) is 0 Å². The van der Waals surface area contributed by atoms with Gasteiger partial charge in [-0.1, -0.05) is 36.4 Å². The Balaban J connectivity index is 0. The Morgan fingerprint density at radius 2 is 1.18 bits per heavy atom. The van der Waals surface area contributed by atoms with Crippen molar-refractivity contribution in [3.8, 4) is 0 Å². The number of hydrogen-bond donors (Lipinski definition) is 1. The van der Waals surface area contributed by atoms with Crippen molar-refractivity contribution in [3.63, 3.8) is 0 Å². The van der Waals surface area contributed by atoms with Crippen LogP contribution in [0.3, 0.4) is 0 Å². The topological polar surface area (TPSA) is 35.2 Å². The predicted molar refractivity (Wildman–Crippen MR) is 49.5 cm³/mol. The van der Waals surface area contributed by atoms with Crippen LogP contribution in [0.2, 0.25) is 0 Å². The quantitative estimate of drug-likeness (QED) is 0.663. The highest BCUT2D eigenvalue weighted by Gasteiger charge is 1.57. The zero-order valence-electron chi connectivity index (χ0n) is 6.57. The molecule has 0 aromatic heterocycles. The van der Waals surface area contributed by atoms with Crippen LogP contribution < -0.4 is 5.90 Å². The van der Waals surface area contributed by atoms with Gasteiger partial charge in [-0.15, -0.1) is 12.4 Å². The Kier molecular flexibility index (Phi) is 14.4. The summed E-state index contributed by atoms with van der Waals surface area (Å²) in [5, 5.41) is 0. The van der Waals surface area contributed by atoms with Gasteiger partial charge in [0.25, 0.3) is 0 Å². The highest BCUT2D eigenvalue weighted by atomic mass is 35.5. The smallest absolute Gasteiger partial charge is 0.0651 e. The van der Waals surface area contributed by atoms with E-state index in [0.29, 0.717) is 6.61 Å². The van der Waals surface area contributed by atoms with E-state index in [1.54, 1.807) is 0 Å². The summed E-state index contributed by atoms with van der Waals surface area (Å²) in [6.07, 6.45) is 0. The number of halogens is 1. The van der Waals surface area contributed by atoms with Crippen LogP contribution in [0.25, 0.3) is 0 Å². The van der Waals surface area contributed by atoms with Crippen molar-refractivity contribution in [1.82, 2.24) is 0 Å². The Labute approximate surface area is 73.7 Å². The summed E-state index contributed by atoms with van der Waals surface area (Å²) in [6, 6.07) is 12.0. The SMILES string of the molecule is CCON.Cl.c1ccccc1. The molecule has 11 heavy (non-hydrogen) atoms. The van der Waals surface area contributed by atoms with E-state index in [-0.39, 0.29) is 12.4 Å². The van der Waals surface area contributed by atoms with E-state index >= 15 is 0 Å². The lowest BCUT2D eigenvalue weighted by molar-refractivity contribution is 0.152. The van der Waals surface area contributed by atoms with Gasteiger partial charge in [-0.3, -0.25) is 0 Å². The minimum Gasteiger partial charge on any atom is -0.305 e. The number of benzene rings is 1. The van der Waals surface area contributed by atoms with Gasteiger partial charge in [0, 0.05) is 0 Å². The first-order chi connectivity index (χ1) is 4.91. The molecule has 3 heteroatoms. The normalized spacial score (nSPS) is 7.09. The second-order valence-electron chi connectivity index (χ2n) is 1.61. The van der Waals surface area contributed by atoms with Gasteiger partial charge in [0.1, 0.15) is 0 Å². The number of hydrogen-bond acceptors (Lipinski definition) is 2. The molecule has 0 saturated carbocycles. The first kappa shape index (κ1) is 13.1. The van der Waals surface area contributed by atoms with Gasteiger partial charge < -0.3 is 4.84 Å². The summed E-state index contributed by atoms with van der Waals surface area (Å²) in [6.45, 7) is 2.43. The molecule has 0 unspecified atom stereocenters. The number of rotatable bonds is 1. The summed E-state index contributed by atoms with van der Waals surface area (Å²) in [5.74, 6) is 4.53. The molecule has 0 radical (unpaired) electrons. The van der Waals surface area contributed by atoms with Gasteiger partial charge in [-0.2, -0.15) is 0 Å². The third-order valence-corrected chi connectivity index (χ3v) is 0.833. The molecule has 0 saturated heterocycles. The molecule has 2 N–H and O–H groups in total. The van der Waals surface area contributed by atoms with Gasteiger partial charge >= 0.3 is 0 Å². The van der Waals surface area contributed by atoms with Crippen LogP contribution in [0, 0.1) is 0 Å². The van der Waals surface area contributed by atoms with Gasteiger partial charge in [0.2, 0.25) is 0 Å². The Morgan fingerprint density at radius 3 is 1.27 bits per heavy atom.